The molecule has 0 aliphatic carbocycles. The van der Waals surface area contributed by atoms with E-state index in [0.717, 1.165) is 28.7 Å². The highest BCUT2D eigenvalue weighted by atomic mass is 32.1. The number of anilines is 1. The van der Waals surface area contributed by atoms with Crippen LogP contribution in [0.2, 0.25) is 0 Å². The lowest BCUT2D eigenvalue weighted by atomic mass is 10.0. The van der Waals surface area contributed by atoms with Crippen LogP contribution in [0.5, 0.6) is 0 Å². The fourth-order valence-corrected chi connectivity index (χ4v) is 3.34. The van der Waals surface area contributed by atoms with E-state index in [-0.39, 0.29) is 6.04 Å². The third-order valence-electron chi connectivity index (χ3n) is 3.56. The zero-order valence-electron chi connectivity index (χ0n) is 13.4. The van der Waals surface area contributed by atoms with Crippen LogP contribution in [0.4, 0.5) is 5.13 Å². The molecule has 0 radical (unpaired) electrons. The smallest absolute Gasteiger partial charge is 0.206 e. The maximum Gasteiger partial charge on any atom is 0.206 e. The van der Waals surface area contributed by atoms with Gasteiger partial charge in [0.05, 0.1) is 11.7 Å². The van der Waals surface area contributed by atoms with E-state index in [2.05, 4.69) is 58.6 Å². The molecule has 1 aromatic carbocycles. The number of hydrogen-bond acceptors (Lipinski definition) is 5. The Morgan fingerprint density at radius 1 is 1.13 bits per heavy atom. The number of aryl methyl sites for hydroxylation is 2. The van der Waals surface area contributed by atoms with Crippen molar-refractivity contribution in [3.63, 3.8) is 0 Å². The van der Waals surface area contributed by atoms with Gasteiger partial charge in [-0.2, -0.15) is 0 Å². The summed E-state index contributed by atoms with van der Waals surface area (Å²) in [5.41, 5.74) is 3.38. The molecule has 0 aliphatic rings. The Morgan fingerprint density at radius 3 is 2.78 bits per heavy atom. The molecular formula is C18H20N4S. The Kier molecular flexibility index (Phi) is 4.98. The molecule has 0 saturated heterocycles. The average Bonchev–Trinajstić information content (AvgIpc) is 3.01. The first kappa shape index (κ1) is 15.6. The van der Waals surface area contributed by atoms with Gasteiger partial charge in [-0.3, -0.25) is 4.98 Å². The van der Waals surface area contributed by atoms with Crippen LogP contribution in [0, 0.1) is 6.92 Å². The predicted molar refractivity (Wildman–Crippen MR) is 94.8 cm³/mol. The monoisotopic (exact) mass is 324 g/mol. The SMILES string of the molecule is CCCc1nnc(NC(c2cccc(C)c2)c2ccccn2)s1. The molecule has 1 N–H and O–H groups in total. The summed E-state index contributed by atoms with van der Waals surface area (Å²) < 4.78 is 0. The number of nitrogens with zero attached hydrogens (tertiary/aromatic N) is 3. The molecule has 2 heterocycles. The second-order valence-electron chi connectivity index (χ2n) is 5.50. The molecule has 0 aliphatic heterocycles. The minimum atomic E-state index is -0.0291. The molecule has 1 atom stereocenters. The van der Waals surface area contributed by atoms with Crippen LogP contribution in [0.3, 0.4) is 0 Å². The lowest BCUT2D eigenvalue weighted by Gasteiger charge is -2.18. The van der Waals surface area contributed by atoms with Gasteiger partial charge in [-0.05, 0) is 31.0 Å². The zero-order valence-corrected chi connectivity index (χ0v) is 14.2. The summed E-state index contributed by atoms with van der Waals surface area (Å²) in [6.07, 6.45) is 3.87. The van der Waals surface area contributed by atoms with Crippen LogP contribution in [-0.2, 0) is 6.42 Å². The van der Waals surface area contributed by atoms with Gasteiger partial charge >= 0.3 is 0 Å². The molecule has 5 heteroatoms. The molecule has 0 bridgehead atoms. The molecule has 3 aromatic rings. The van der Waals surface area contributed by atoms with Gasteiger partial charge < -0.3 is 5.32 Å². The van der Waals surface area contributed by atoms with Crippen molar-refractivity contribution < 1.29 is 0 Å². The van der Waals surface area contributed by atoms with E-state index in [1.54, 1.807) is 11.3 Å². The third kappa shape index (κ3) is 3.93. The minimum absolute atomic E-state index is 0.0291. The van der Waals surface area contributed by atoms with E-state index in [9.17, 15) is 0 Å². The van der Waals surface area contributed by atoms with Gasteiger partial charge in [0.1, 0.15) is 5.01 Å². The van der Waals surface area contributed by atoms with Crippen molar-refractivity contribution in [3.8, 4) is 0 Å². The number of nitrogens with one attached hydrogen (secondary N) is 1. The van der Waals surface area contributed by atoms with Crippen LogP contribution in [0.15, 0.2) is 48.7 Å². The molecule has 118 valence electrons. The molecule has 0 saturated carbocycles. The topological polar surface area (TPSA) is 50.7 Å². The first-order chi connectivity index (χ1) is 11.3. The number of hydrogen-bond donors (Lipinski definition) is 1. The van der Waals surface area contributed by atoms with E-state index in [0.29, 0.717) is 0 Å². The van der Waals surface area contributed by atoms with Gasteiger partial charge in [-0.25, -0.2) is 0 Å². The summed E-state index contributed by atoms with van der Waals surface area (Å²) in [5, 5.41) is 13.9. The Balaban J connectivity index is 1.91. The minimum Gasteiger partial charge on any atom is -0.348 e. The number of aromatic nitrogens is 3. The van der Waals surface area contributed by atoms with E-state index in [1.807, 2.05) is 24.4 Å². The lowest BCUT2D eigenvalue weighted by molar-refractivity contribution is 0.859. The normalized spacial score (nSPS) is 12.1. The van der Waals surface area contributed by atoms with Crippen LogP contribution in [-0.4, -0.2) is 15.2 Å². The summed E-state index contributed by atoms with van der Waals surface area (Å²) in [4.78, 5) is 4.52. The van der Waals surface area contributed by atoms with Gasteiger partial charge in [0.15, 0.2) is 0 Å². The summed E-state index contributed by atoms with van der Waals surface area (Å²) in [6, 6.07) is 14.4. The third-order valence-corrected chi connectivity index (χ3v) is 4.47. The fraction of sp³-hybridized carbons (Fsp3) is 0.278. The zero-order chi connectivity index (χ0) is 16.1. The summed E-state index contributed by atoms with van der Waals surface area (Å²) in [5.74, 6) is 0. The number of pyridine rings is 1. The standard InChI is InChI=1S/C18H20N4S/c1-3-7-16-21-22-18(23-16)20-17(15-10-4-5-11-19-15)14-9-6-8-13(2)12-14/h4-6,8-12,17H,3,7H2,1-2H3,(H,20,22). The summed E-state index contributed by atoms with van der Waals surface area (Å²) in [6.45, 7) is 4.25. The molecule has 3 rings (SSSR count). The first-order valence-electron chi connectivity index (χ1n) is 7.82. The summed E-state index contributed by atoms with van der Waals surface area (Å²) in [7, 11) is 0. The van der Waals surface area contributed by atoms with Crippen molar-refractivity contribution in [1.29, 1.82) is 0 Å². The van der Waals surface area contributed by atoms with Crippen LogP contribution in [0.25, 0.3) is 0 Å². The van der Waals surface area contributed by atoms with E-state index in [4.69, 9.17) is 0 Å². The first-order valence-corrected chi connectivity index (χ1v) is 8.64. The number of rotatable bonds is 6. The van der Waals surface area contributed by atoms with Crippen molar-refractivity contribution in [2.45, 2.75) is 32.7 Å². The second-order valence-corrected chi connectivity index (χ2v) is 6.56. The van der Waals surface area contributed by atoms with Crippen LogP contribution >= 0.6 is 11.3 Å². The van der Waals surface area contributed by atoms with Gasteiger partial charge in [0.2, 0.25) is 5.13 Å². The maximum absolute atomic E-state index is 4.52. The maximum atomic E-state index is 4.52. The van der Waals surface area contributed by atoms with Crippen LogP contribution in [0.1, 0.15) is 41.2 Å². The molecule has 0 fully saturated rings. The van der Waals surface area contributed by atoms with Gasteiger partial charge in [0.25, 0.3) is 0 Å². The fourth-order valence-electron chi connectivity index (χ4n) is 2.47. The highest BCUT2D eigenvalue weighted by Gasteiger charge is 2.17. The Labute approximate surface area is 140 Å². The highest BCUT2D eigenvalue weighted by Crippen LogP contribution is 2.27. The van der Waals surface area contributed by atoms with Crippen molar-refractivity contribution >= 4 is 16.5 Å². The second kappa shape index (κ2) is 7.33. The number of benzene rings is 1. The van der Waals surface area contributed by atoms with Gasteiger partial charge in [-0.15, -0.1) is 10.2 Å². The van der Waals surface area contributed by atoms with Gasteiger partial charge in [-0.1, -0.05) is 54.2 Å². The molecule has 2 aromatic heterocycles. The van der Waals surface area contributed by atoms with E-state index < -0.39 is 0 Å². The predicted octanol–water partition coefficient (Wildman–Crippen LogP) is 4.40. The molecule has 0 spiro atoms. The molecular weight excluding hydrogens is 304 g/mol. The highest BCUT2D eigenvalue weighted by molar-refractivity contribution is 7.15. The molecule has 23 heavy (non-hydrogen) atoms. The quantitative estimate of drug-likeness (QED) is 0.730. The van der Waals surface area contributed by atoms with Crippen molar-refractivity contribution in [2.24, 2.45) is 0 Å². The van der Waals surface area contributed by atoms with Crippen molar-refractivity contribution in [1.82, 2.24) is 15.2 Å². The Bertz CT molecular complexity index is 754. The average molecular weight is 324 g/mol. The Morgan fingerprint density at radius 2 is 2.04 bits per heavy atom. The molecule has 1 unspecified atom stereocenters. The van der Waals surface area contributed by atoms with Crippen LogP contribution < -0.4 is 5.32 Å². The Hall–Kier alpha value is -2.27. The molecule has 4 nitrogen and oxygen atoms in total. The van der Waals surface area contributed by atoms with Gasteiger partial charge in [0, 0.05) is 12.6 Å². The largest absolute Gasteiger partial charge is 0.348 e. The summed E-state index contributed by atoms with van der Waals surface area (Å²) >= 11 is 1.62. The van der Waals surface area contributed by atoms with E-state index in [1.165, 1.54) is 11.1 Å². The molecule has 0 amide bonds. The van der Waals surface area contributed by atoms with Crippen molar-refractivity contribution in [2.75, 3.05) is 5.32 Å². The lowest BCUT2D eigenvalue weighted by Crippen LogP contribution is -2.13. The van der Waals surface area contributed by atoms with E-state index >= 15 is 0 Å². The van der Waals surface area contributed by atoms with Crippen molar-refractivity contribution in [3.05, 3.63) is 70.5 Å².